The molecule has 1 heterocycles. The number of azo groups is 1. The first kappa shape index (κ1) is 18.9. The van der Waals surface area contributed by atoms with Crippen molar-refractivity contribution >= 4 is 39.6 Å². The summed E-state index contributed by atoms with van der Waals surface area (Å²) in [6.45, 7) is 3.50. The van der Waals surface area contributed by atoms with Crippen molar-refractivity contribution in [2.24, 2.45) is 10.2 Å². The zero-order valence-electron chi connectivity index (χ0n) is 14.7. The molecule has 0 amide bonds. The van der Waals surface area contributed by atoms with E-state index in [0.29, 0.717) is 31.1 Å². The number of nitrogens with zero attached hydrogens (tertiary/aromatic N) is 3. The molecule has 0 bridgehead atoms. The van der Waals surface area contributed by atoms with Gasteiger partial charge in [-0.15, -0.1) is 10.2 Å². The van der Waals surface area contributed by atoms with Crippen LogP contribution in [0.15, 0.2) is 58.8 Å². The molecule has 0 unspecified atom stereocenters. The van der Waals surface area contributed by atoms with Gasteiger partial charge in [0, 0.05) is 24.2 Å². The normalized spacial score (nSPS) is 11.3. The summed E-state index contributed by atoms with van der Waals surface area (Å²) in [5, 5.41) is 22.4. The Kier molecular flexibility index (Phi) is 6.10. The van der Waals surface area contributed by atoms with Crippen LogP contribution in [0.1, 0.15) is 6.92 Å². The van der Waals surface area contributed by atoms with Gasteiger partial charge in [0.05, 0.1) is 12.1 Å². The van der Waals surface area contributed by atoms with Gasteiger partial charge in [0.25, 0.3) is 0 Å². The van der Waals surface area contributed by atoms with Crippen molar-refractivity contribution in [3.8, 4) is 5.88 Å². The number of ether oxygens (including phenoxy) is 1. The van der Waals surface area contributed by atoms with Crippen LogP contribution in [0.3, 0.4) is 0 Å². The van der Waals surface area contributed by atoms with E-state index in [1.807, 2.05) is 31.2 Å². The molecule has 3 aromatic rings. The molecule has 0 fully saturated rings. The predicted octanol–water partition coefficient (Wildman–Crippen LogP) is 5.00. The molecular weight excluding hydrogens is 367 g/mol. The highest BCUT2D eigenvalue weighted by atomic mass is 32.1. The third-order valence-electron chi connectivity index (χ3n) is 3.92. The van der Waals surface area contributed by atoms with Gasteiger partial charge in [0.1, 0.15) is 5.82 Å². The van der Waals surface area contributed by atoms with Crippen LogP contribution in [0, 0.1) is 5.82 Å². The molecule has 0 atom stereocenters. The molecule has 0 saturated carbocycles. The highest BCUT2D eigenvalue weighted by molar-refractivity contribution is 7.80. The number of anilines is 1. The summed E-state index contributed by atoms with van der Waals surface area (Å²) in [6, 6.07) is 13.2. The van der Waals surface area contributed by atoms with Crippen LogP contribution in [-0.4, -0.2) is 28.0 Å². The maximum atomic E-state index is 13.0. The summed E-state index contributed by atoms with van der Waals surface area (Å²) in [7, 11) is 0. The standard InChI is InChI=1S/C19H19FN4O2S/c1-2-26-12-11-24-16-6-4-3-5-15(16)17(18(24)25)22-23-19(27)21-14-9-7-13(20)8-10-14/h3-10,25H,2,11-12H2,1H3,(H,21,27). The molecule has 0 aliphatic rings. The van der Waals surface area contributed by atoms with E-state index in [1.165, 1.54) is 12.1 Å². The Morgan fingerprint density at radius 3 is 2.70 bits per heavy atom. The Morgan fingerprint density at radius 1 is 1.22 bits per heavy atom. The van der Waals surface area contributed by atoms with Crippen LogP contribution in [-0.2, 0) is 11.3 Å². The van der Waals surface area contributed by atoms with E-state index in [2.05, 4.69) is 15.5 Å². The molecule has 27 heavy (non-hydrogen) atoms. The highest BCUT2D eigenvalue weighted by Crippen LogP contribution is 2.38. The van der Waals surface area contributed by atoms with E-state index in [1.54, 1.807) is 16.7 Å². The minimum Gasteiger partial charge on any atom is -0.493 e. The molecule has 0 radical (unpaired) electrons. The van der Waals surface area contributed by atoms with Gasteiger partial charge >= 0.3 is 0 Å². The van der Waals surface area contributed by atoms with Gasteiger partial charge in [-0.25, -0.2) is 4.39 Å². The number of aromatic hydroxyl groups is 1. The second-order valence-electron chi connectivity index (χ2n) is 5.67. The van der Waals surface area contributed by atoms with E-state index in [0.717, 1.165) is 10.9 Å². The summed E-state index contributed by atoms with van der Waals surface area (Å²) in [5.74, 6) is -0.331. The van der Waals surface area contributed by atoms with Gasteiger partial charge < -0.3 is 19.7 Å². The third kappa shape index (κ3) is 4.47. The zero-order valence-corrected chi connectivity index (χ0v) is 15.5. The number of benzene rings is 2. The van der Waals surface area contributed by atoms with Crippen molar-refractivity contribution in [1.82, 2.24) is 4.57 Å². The summed E-state index contributed by atoms with van der Waals surface area (Å²) >= 11 is 5.15. The van der Waals surface area contributed by atoms with E-state index in [-0.39, 0.29) is 16.8 Å². The number of halogens is 1. The number of aromatic nitrogens is 1. The molecule has 2 aromatic carbocycles. The number of para-hydroxylation sites is 1. The molecule has 0 saturated heterocycles. The second kappa shape index (κ2) is 8.70. The second-order valence-corrected chi connectivity index (χ2v) is 6.06. The van der Waals surface area contributed by atoms with Crippen LogP contribution in [0.4, 0.5) is 15.8 Å². The van der Waals surface area contributed by atoms with Gasteiger partial charge in [-0.1, -0.05) is 18.2 Å². The summed E-state index contributed by atoms with van der Waals surface area (Å²) < 4.78 is 20.1. The van der Waals surface area contributed by atoms with Crippen LogP contribution in [0.5, 0.6) is 5.88 Å². The molecule has 140 valence electrons. The number of fused-ring (bicyclic) bond motifs is 1. The van der Waals surface area contributed by atoms with Crippen molar-refractivity contribution in [3.05, 3.63) is 54.3 Å². The first-order chi connectivity index (χ1) is 13.1. The Labute approximate surface area is 161 Å². The lowest BCUT2D eigenvalue weighted by atomic mass is 10.2. The fourth-order valence-electron chi connectivity index (χ4n) is 2.67. The fourth-order valence-corrected chi connectivity index (χ4v) is 2.83. The molecule has 0 aliphatic heterocycles. The fraction of sp³-hybridized carbons (Fsp3) is 0.211. The highest BCUT2D eigenvalue weighted by Gasteiger charge is 2.16. The van der Waals surface area contributed by atoms with Crippen LogP contribution >= 0.6 is 12.2 Å². The summed E-state index contributed by atoms with van der Waals surface area (Å²) in [5.41, 5.74) is 1.77. The Morgan fingerprint density at radius 2 is 1.96 bits per heavy atom. The first-order valence-corrected chi connectivity index (χ1v) is 8.87. The number of hydrogen-bond donors (Lipinski definition) is 2. The minimum absolute atomic E-state index is 0.00392. The number of thiocarbonyl (C=S) groups is 1. The Balaban J connectivity index is 1.83. The maximum absolute atomic E-state index is 13.0. The molecule has 3 rings (SSSR count). The molecule has 2 N–H and O–H groups in total. The molecule has 1 aromatic heterocycles. The van der Waals surface area contributed by atoms with Crippen LogP contribution < -0.4 is 5.32 Å². The van der Waals surface area contributed by atoms with E-state index in [9.17, 15) is 9.50 Å². The lowest BCUT2D eigenvalue weighted by Gasteiger charge is -2.06. The third-order valence-corrected chi connectivity index (χ3v) is 4.10. The van der Waals surface area contributed by atoms with Crippen LogP contribution in [0.25, 0.3) is 10.9 Å². The van der Waals surface area contributed by atoms with Gasteiger partial charge in [-0.3, -0.25) is 0 Å². The SMILES string of the molecule is CCOCCn1c(O)c(N=NC(=S)Nc2ccc(F)cc2)c2ccccc21. The van der Waals surface area contributed by atoms with Crippen molar-refractivity contribution in [2.75, 3.05) is 18.5 Å². The van der Waals surface area contributed by atoms with E-state index in [4.69, 9.17) is 17.0 Å². The average Bonchev–Trinajstić information content (AvgIpc) is 2.94. The summed E-state index contributed by atoms with van der Waals surface area (Å²) in [4.78, 5) is 0. The molecular formula is C19H19FN4O2S. The molecule has 0 aliphatic carbocycles. The predicted molar refractivity (Wildman–Crippen MR) is 107 cm³/mol. The number of rotatable bonds is 6. The lowest BCUT2D eigenvalue weighted by Crippen LogP contribution is -2.05. The lowest BCUT2D eigenvalue weighted by molar-refractivity contribution is 0.138. The van der Waals surface area contributed by atoms with Gasteiger partial charge in [0.2, 0.25) is 11.0 Å². The van der Waals surface area contributed by atoms with Crippen molar-refractivity contribution in [1.29, 1.82) is 0 Å². The number of hydrogen-bond acceptors (Lipinski definition) is 4. The topological polar surface area (TPSA) is 71.1 Å². The van der Waals surface area contributed by atoms with E-state index >= 15 is 0 Å². The van der Waals surface area contributed by atoms with E-state index < -0.39 is 0 Å². The Hall–Kier alpha value is -2.84. The quantitative estimate of drug-likeness (QED) is 0.355. The number of nitrogens with one attached hydrogen (secondary N) is 1. The monoisotopic (exact) mass is 386 g/mol. The summed E-state index contributed by atoms with van der Waals surface area (Å²) in [6.07, 6.45) is 0. The van der Waals surface area contributed by atoms with Crippen molar-refractivity contribution in [2.45, 2.75) is 13.5 Å². The van der Waals surface area contributed by atoms with Gasteiger partial charge in [-0.2, -0.15) is 0 Å². The average molecular weight is 386 g/mol. The van der Waals surface area contributed by atoms with Crippen molar-refractivity contribution in [3.63, 3.8) is 0 Å². The largest absolute Gasteiger partial charge is 0.493 e. The Bertz CT molecular complexity index is 970. The smallest absolute Gasteiger partial charge is 0.220 e. The molecule has 6 nitrogen and oxygen atoms in total. The first-order valence-electron chi connectivity index (χ1n) is 8.46. The van der Waals surface area contributed by atoms with Gasteiger partial charge in [-0.05, 0) is 49.5 Å². The minimum atomic E-state index is -0.335. The van der Waals surface area contributed by atoms with Crippen molar-refractivity contribution < 1.29 is 14.2 Å². The maximum Gasteiger partial charge on any atom is 0.220 e. The molecule has 8 heteroatoms. The van der Waals surface area contributed by atoms with Crippen LogP contribution in [0.2, 0.25) is 0 Å². The molecule has 0 spiro atoms. The zero-order chi connectivity index (χ0) is 19.2. The van der Waals surface area contributed by atoms with Gasteiger partial charge in [0.15, 0.2) is 5.69 Å².